The van der Waals surface area contributed by atoms with Gasteiger partial charge in [-0.1, -0.05) is 12.1 Å². The van der Waals surface area contributed by atoms with E-state index in [4.69, 9.17) is 18.6 Å². The van der Waals surface area contributed by atoms with E-state index >= 15 is 0 Å². The molecule has 0 bridgehead atoms. The summed E-state index contributed by atoms with van der Waals surface area (Å²) in [4.78, 5) is 13.3. The molecule has 3 aromatic rings. The zero-order valence-electron chi connectivity index (χ0n) is 17.7. The van der Waals surface area contributed by atoms with Crippen LogP contribution < -0.4 is 14.9 Å². The van der Waals surface area contributed by atoms with Gasteiger partial charge in [0, 0.05) is 6.07 Å². The molecule has 0 unspecified atom stereocenters. The first-order chi connectivity index (χ1) is 15.3. The molecule has 9 nitrogen and oxygen atoms in total. The lowest BCUT2D eigenvalue weighted by Gasteiger charge is -2.40. The van der Waals surface area contributed by atoms with Gasteiger partial charge in [-0.15, -0.1) is 0 Å². The summed E-state index contributed by atoms with van der Waals surface area (Å²) in [5, 5.41) is 41.7. The molecule has 170 valence electrons. The molecule has 0 saturated carbocycles. The van der Waals surface area contributed by atoms with Crippen molar-refractivity contribution in [3.05, 3.63) is 52.4 Å². The lowest BCUT2D eigenvalue weighted by atomic mass is 9.89. The maximum absolute atomic E-state index is 13.3. The summed E-state index contributed by atoms with van der Waals surface area (Å²) in [7, 11) is 2.88. The summed E-state index contributed by atoms with van der Waals surface area (Å²) in [5.41, 5.74) is 0.311. The predicted molar refractivity (Wildman–Crippen MR) is 114 cm³/mol. The molecular formula is C23H24O9. The van der Waals surface area contributed by atoms with Crippen LogP contribution in [0.15, 0.2) is 45.8 Å². The van der Waals surface area contributed by atoms with E-state index in [9.17, 15) is 25.2 Å². The first kappa shape index (κ1) is 22.1. The number of benzene rings is 2. The van der Waals surface area contributed by atoms with Gasteiger partial charge in [0.15, 0.2) is 0 Å². The van der Waals surface area contributed by atoms with Crippen molar-refractivity contribution in [3.8, 4) is 28.4 Å². The molecule has 0 amide bonds. The Morgan fingerprint density at radius 1 is 0.969 bits per heavy atom. The molecule has 0 radical (unpaired) electrons. The number of phenolic OH excluding ortho intramolecular Hbond substituents is 1. The summed E-state index contributed by atoms with van der Waals surface area (Å²) in [6.45, 7) is 1.52. The third-order valence-electron chi connectivity index (χ3n) is 5.80. The second kappa shape index (κ2) is 8.44. The number of aliphatic hydroxyl groups is 3. The van der Waals surface area contributed by atoms with Gasteiger partial charge in [0.2, 0.25) is 5.43 Å². The molecule has 4 N–H and O–H groups in total. The van der Waals surface area contributed by atoms with Crippen molar-refractivity contribution in [3.63, 3.8) is 0 Å². The van der Waals surface area contributed by atoms with Crippen molar-refractivity contribution in [2.45, 2.75) is 37.4 Å². The van der Waals surface area contributed by atoms with Gasteiger partial charge in [0.25, 0.3) is 0 Å². The predicted octanol–water partition coefficient (Wildman–Crippen LogP) is 1.73. The van der Waals surface area contributed by atoms with Crippen molar-refractivity contribution in [2.24, 2.45) is 0 Å². The molecule has 1 aromatic heterocycles. The Kier molecular flexibility index (Phi) is 5.83. The van der Waals surface area contributed by atoms with Gasteiger partial charge >= 0.3 is 0 Å². The highest BCUT2D eigenvalue weighted by molar-refractivity contribution is 5.90. The Morgan fingerprint density at radius 3 is 2.28 bits per heavy atom. The zero-order chi connectivity index (χ0) is 23.2. The van der Waals surface area contributed by atoms with Crippen LogP contribution in [0.3, 0.4) is 0 Å². The fourth-order valence-corrected chi connectivity index (χ4v) is 3.96. The van der Waals surface area contributed by atoms with E-state index in [1.165, 1.54) is 33.5 Å². The van der Waals surface area contributed by atoms with Gasteiger partial charge in [-0.3, -0.25) is 4.79 Å². The summed E-state index contributed by atoms with van der Waals surface area (Å²) < 4.78 is 21.8. The van der Waals surface area contributed by atoms with E-state index in [0.717, 1.165) is 0 Å². The molecule has 0 aliphatic carbocycles. The minimum atomic E-state index is -1.57. The summed E-state index contributed by atoms with van der Waals surface area (Å²) in [5.74, 6) is 0.214. The van der Waals surface area contributed by atoms with E-state index in [0.29, 0.717) is 11.3 Å². The van der Waals surface area contributed by atoms with E-state index in [-0.39, 0.29) is 27.8 Å². The topological polar surface area (TPSA) is 139 Å². The van der Waals surface area contributed by atoms with Crippen molar-refractivity contribution in [1.82, 2.24) is 0 Å². The Labute approximate surface area is 183 Å². The standard InChI is InChI=1S/C23H24O9/c1-10-18(24)21(27)22(28)23(32-10)17-14(30-3)8-15-16(20(17)26)19(25)13(9-31-15)11-4-6-12(29-2)7-5-11/h4-10,18,21-24,26-28H,1-3H3/t10-,18-,21-,22+,23-/m0/s1. The molecule has 0 spiro atoms. The molecule has 32 heavy (non-hydrogen) atoms. The van der Waals surface area contributed by atoms with Gasteiger partial charge < -0.3 is 39.1 Å². The van der Waals surface area contributed by atoms with Crippen LogP contribution in [0.4, 0.5) is 0 Å². The highest BCUT2D eigenvalue weighted by atomic mass is 16.5. The highest BCUT2D eigenvalue weighted by Gasteiger charge is 2.44. The van der Waals surface area contributed by atoms with Crippen LogP contribution in [0, 0.1) is 0 Å². The molecule has 1 fully saturated rings. The van der Waals surface area contributed by atoms with Crippen LogP contribution in [0.1, 0.15) is 18.6 Å². The van der Waals surface area contributed by atoms with Gasteiger partial charge in [-0.2, -0.15) is 0 Å². The Morgan fingerprint density at radius 2 is 1.66 bits per heavy atom. The molecule has 1 aliphatic rings. The van der Waals surface area contributed by atoms with E-state index < -0.39 is 41.7 Å². The number of aromatic hydroxyl groups is 1. The number of hydrogen-bond acceptors (Lipinski definition) is 9. The molecule has 2 aromatic carbocycles. The third-order valence-corrected chi connectivity index (χ3v) is 5.80. The molecule has 9 heteroatoms. The number of aliphatic hydroxyl groups excluding tert-OH is 3. The maximum Gasteiger partial charge on any atom is 0.204 e. The van der Waals surface area contributed by atoms with Crippen LogP contribution in [0.5, 0.6) is 17.2 Å². The van der Waals surface area contributed by atoms with Crippen molar-refractivity contribution < 1.29 is 39.1 Å². The van der Waals surface area contributed by atoms with Gasteiger partial charge in [-0.05, 0) is 24.6 Å². The van der Waals surface area contributed by atoms with Gasteiger partial charge in [0.05, 0.1) is 31.5 Å². The summed E-state index contributed by atoms with van der Waals surface area (Å²) in [6, 6.07) is 8.16. The second-order valence-electron chi connectivity index (χ2n) is 7.65. The smallest absolute Gasteiger partial charge is 0.204 e. The third kappa shape index (κ3) is 3.49. The number of methoxy groups -OCH3 is 2. The number of rotatable bonds is 4. The molecule has 4 rings (SSSR count). The van der Waals surface area contributed by atoms with E-state index in [2.05, 4.69) is 0 Å². The SMILES string of the molecule is COc1ccc(-c2coc3cc(OC)c([C@@H]4O[C@@H](C)[C@H](O)[C@H](O)[C@H]4O)c(O)c3c2=O)cc1. The number of hydrogen-bond donors (Lipinski definition) is 4. The van der Waals surface area contributed by atoms with Crippen molar-refractivity contribution in [1.29, 1.82) is 0 Å². The van der Waals surface area contributed by atoms with Crippen LogP contribution in [0.2, 0.25) is 0 Å². The lowest BCUT2D eigenvalue weighted by Crippen LogP contribution is -2.53. The van der Waals surface area contributed by atoms with E-state index in [1.807, 2.05) is 0 Å². The fourth-order valence-electron chi connectivity index (χ4n) is 3.96. The highest BCUT2D eigenvalue weighted by Crippen LogP contribution is 2.44. The Balaban J connectivity index is 1.91. The molecular weight excluding hydrogens is 420 g/mol. The quantitative estimate of drug-likeness (QED) is 0.474. The average molecular weight is 444 g/mol. The average Bonchev–Trinajstić information content (AvgIpc) is 2.80. The van der Waals surface area contributed by atoms with Crippen LogP contribution in [-0.2, 0) is 4.74 Å². The molecule has 1 aliphatic heterocycles. The first-order valence-corrected chi connectivity index (χ1v) is 9.98. The number of fused-ring (bicyclic) bond motifs is 1. The summed E-state index contributed by atoms with van der Waals surface area (Å²) >= 11 is 0. The monoisotopic (exact) mass is 444 g/mol. The number of ether oxygens (including phenoxy) is 3. The van der Waals surface area contributed by atoms with Gasteiger partial charge in [-0.25, -0.2) is 0 Å². The van der Waals surface area contributed by atoms with Crippen molar-refractivity contribution >= 4 is 11.0 Å². The van der Waals surface area contributed by atoms with Crippen LogP contribution in [0.25, 0.3) is 22.1 Å². The fraction of sp³-hybridized carbons (Fsp3) is 0.348. The Hall–Kier alpha value is -3.11. The minimum Gasteiger partial charge on any atom is -0.506 e. The van der Waals surface area contributed by atoms with Gasteiger partial charge in [0.1, 0.15) is 58.9 Å². The normalized spacial score (nSPS) is 25.6. The summed E-state index contributed by atoms with van der Waals surface area (Å²) in [6.07, 6.45) is -5.23. The first-order valence-electron chi connectivity index (χ1n) is 9.98. The molecule has 1 saturated heterocycles. The molecule has 5 atom stereocenters. The molecule has 2 heterocycles. The second-order valence-corrected chi connectivity index (χ2v) is 7.65. The lowest BCUT2D eigenvalue weighted by molar-refractivity contribution is -0.220. The van der Waals surface area contributed by atoms with E-state index in [1.54, 1.807) is 24.3 Å². The van der Waals surface area contributed by atoms with Crippen molar-refractivity contribution in [2.75, 3.05) is 14.2 Å². The zero-order valence-corrected chi connectivity index (χ0v) is 17.7. The largest absolute Gasteiger partial charge is 0.506 e. The van der Waals surface area contributed by atoms with Crippen LogP contribution in [-0.4, -0.2) is 59.1 Å². The minimum absolute atomic E-state index is 0.0236. The van der Waals surface area contributed by atoms with Crippen LogP contribution >= 0.6 is 0 Å². The maximum atomic E-state index is 13.3. The Bertz CT molecular complexity index is 1180. The number of phenols is 1.